The number of methoxy groups -OCH3 is 1. The van der Waals surface area contributed by atoms with E-state index in [1.54, 1.807) is 12.0 Å². The number of aliphatic hydroxyl groups is 1. The van der Waals surface area contributed by atoms with E-state index < -0.39 is 0 Å². The molecule has 0 saturated carbocycles. The Morgan fingerprint density at radius 3 is 2.00 bits per heavy atom. The Labute approximate surface area is 177 Å². The van der Waals surface area contributed by atoms with Crippen molar-refractivity contribution in [1.82, 2.24) is 4.90 Å². The van der Waals surface area contributed by atoms with Crippen molar-refractivity contribution in [3.8, 4) is 5.75 Å². The highest BCUT2D eigenvalue weighted by Crippen LogP contribution is 2.44. The van der Waals surface area contributed by atoms with Gasteiger partial charge < -0.3 is 14.7 Å². The maximum atomic E-state index is 13.1. The molecule has 1 N–H and O–H groups in total. The van der Waals surface area contributed by atoms with Gasteiger partial charge >= 0.3 is 0 Å². The fourth-order valence-corrected chi connectivity index (χ4v) is 3.87. The van der Waals surface area contributed by atoms with E-state index >= 15 is 0 Å². The second-order valence-electron chi connectivity index (χ2n) is 7.72. The number of aliphatic hydroxyl groups excluding tert-OH is 1. The molecule has 0 bridgehead atoms. The molecule has 0 saturated heterocycles. The van der Waals surface area contributed by atoms with Crippen molar-refractivity contribution in [3.63, 3.8) is 0 Å². The second kappa shape index (κ2) is 8.07. The van der Waals surface area contributed by atoms with Crippen LogP contribution in [0.2, 0.25) is 0 Å². The zero-order valence-corrected chi connectivity index (χ0v) is 17.4. The molecule has 30 heavy (non-hydrogen) atoms. The lowest BCUT2D eigenvalue weighted by Gasteiger charge is -2.27. The molecule has 3 aromatic rings. The largest absolute Gasteiger partial charge is 0.503 e. The lowest BCUT2D eigenvalue weighted by Crippen LogP contribution is -2.29. The predicted octanol–water partition coefficient (Wildman–Crippen LogP) is 5.36. The van der Waals surface area contributed by atoms with Gasteiger partial charge in [0, 0.05) is 12.1 Å². The van der Waals surface area contributed by atoms with Crippen molar-refractivity contribution >= 4 is 11.5 Å². The van der Waals surface area contributed by atoms with Gasteiger partial charge in [0.2, 0.25) is 0 Å². The highest BCUT2D eigenvalue weighted by atomic mass is 16.5. The summed E-state index contributed by atoms with van der Waals surface area (Å²) in [5, 5.41) is 10.9. The summed E-state index contributed by atoms with van der Waals surface area (Å²) < 4.78 is 5.26. The van der Waals surface area contributed by atoms with Crippen LogP contribution < -0.4 is 4.74 Å². The normalized spacial score (nSPS) is 16.3. The van der Waals surface area contributed by atoms with Crippen molar-refractivity contribution in [1.29, 1.82) is 0 Å². The van der Waals surface area contributed by atoms with Crippen molar-refractivity contribution in [3.05, 3.63) is 106 Å². The van der Waals surface area contributed by atoms with Crippen LogP contribution in [0.25, 0.3) is 5.57 Å². The van der Waals surface area contributed by atoms with Gasteiger partial charge in [0.25, 0.3) is 5.91 Å². The highest BCUT2D eigenvalue weighted by molar-refractivity contribution is 6.05. The Morgan fingerprint density at radius 1 is 0.867 bits per heavy atom. The Balaban J connectivity index is 1.79. The maximum absolute atomic E-state index is 13.1. The van der Waals surface area contributed by atoms with Gasteiger partial charge in [0.1, 0.15) is 5.75 Å². The van der Waals surface area contributed by atoms with E-state index in [4.69, 9.17) is 4.74 Å². The number of aryl methyl sites for hydroxylation is 2. The average Bonchev–Trinajstić information content (AvgIpc) is 3.01. The van der Waals surface area contributed by atoms with Gasteiger partial charge in [0.05, 0.1) is 13.2 Å². The molecule has 0 aromatic heterocycles. The Kier molecular flexibility index (Phi) is 5.32. The van der Waals surface area contributed by atoms with Crippen LogP contribution in [0.3, 0.4) is 0 Å². The third-order valence-corrected chi connectivity index (χ3v) is 5.57. The molecule has 3 aromatic carbocycles. The molecule has 4 heteroatoms. The third-order valence-electron chi connectivity index (χ3n) is 5.57. The number of hydrogen-bond donors (Lipinski definition) is 1. The van der Waals surface area contributed by atoms with E-state index in [1.807, 2.05) is 86.6 Å². The number of amides is 1. The molecule has 1 amide bonds. The van der Waals surface area contributed by atoms with Gasteiger partial charge in [-0.25, -0.2) is 0 Å². The molecular weight excluding hydrogens is 374 g/mol. The minimum atomic E-state index is -0.368. The van der Waals surface area contributed by atoms with Gasteiger partial charge in [-0.1, -0.05) is 71.8 Å². The summed E-state index contributed by atoms with van der Waals surface area (Å²) in [6, 6.07) is 23.3. The molecule has 1 aliphatic rings. The third kappa shape index (κ3) is 3.69. The van der Waals surface area contributed by atoms with E-state index in [-0.39, 0.29) is 17.7 Å². The van der Waals surface area contributed by atoms with E-state index in [0.29, 0.717) is 12.1 Å². The van der Waals surface area contributed by atoms with Crippen molar-refractivity contribution < 1.29 is 14.6 Å². The molecule has 0 aliphatic carbocycles. The first kappa shape index (κ1) is 19.8. The monoisotopic (exact) mass is 399 g/mol. The first-order chi connectivity index (χ1) is 14.5. The van der Waals surface area contributed by atoms with Gasteiger partial charge in [-0.15, -0.1) is 0 Å². The molecular formula is C26H25NO3. The number of nitrogens with zero attached hydrogens (tertiary/aromatic N) is 1. The van der Waals surface area contributed by atoms with Crippen LogP contribution >= 0.6 is 0 Å². The number of benzene rings is 3. The summed E-state index contributed by atoms with van der Waals surface area (Å²) in [5.74, 6) is 0.177. The fraction of sp³-hybridized carbons (Fsp3) is 0.192. The summed E-state index contributed by atoms with van der Waals surface area (Å²) in [5.41, 5.74) is 5.73. The van der Waals surface area contributed by atoms with Gasteiger partial charge in [0.15, 0.2) is 5.76 Å². The maximum Gasteiger partial charge on any atom is 0.290 e. The van der Waals surface area contributed by atoms with Crippen LogP contribution in [0.5, 0.6) is 5.75 Å². The highest BCUT2D eigenvalue weighted by Gasteiger charge is 2.40. The SMILES string of the molecule is COc1ccc(C2=C(O)C(=O)N(Cc3ccc(C)cc3)C2c2ccc(C)cc2)cc1. The molecule has 0 radical (unpaired) electrons. The number of hydrogen-bond acceptors (Lipinski definition) is 3. The number of rotatable bonds is 5. The minimum Gasteiger partial charge on any atom is -0.503 e. The Bertz CT molecular complexity index is 1080. The van der Waals surface area contributed by atoms with Crippen molar-refractivity contribution in [2.75, 3.05) is 7.11 Å². The smallest absolute Gasteiger partial charge is 0.290 e. The van der Waals surface area contributed by atoms with Crippen LogP contribution in [0.15, 0.2) is 78.6 Å². The van der Waals surface area contributed by atoms with Gasteiger partial charge in [-0.05, 0) is 42.7 Å². The van der Waals surface area contributed by atoms with E-state index in [9.17, 15) is 9.90 Å². The lowest BCUT2D eigenvalue weighted by molar-refractivity contribution is -0.130. The summed E-state index contributed by atoms with van der Waals surface area (Å²) in [6.45, 7) is 4.49. The quantitative estimate of drug-likeness (QED) is 0.628. The van der Waals surface area contributed by atoms with Crippen molar-refractivity contribution in [2.45, 2.75) is 26.4 Å². The molecule has 152 valence electrons. The Morgan fingerprint density at radius 2 is 1.43 bits per heavy atom. The molecule has 0 fully saturated rings. The van der Waals surface area contributed by atoms with E-state index in [0.717, 1.165) is 28.0 Å². The van der Waals surface area contributed by atoms with E-state index in [2.05, 4.69) is 0 Å². The number of ether oxygens (including phenoxy) is 1. The standard InChI is InChI=1S/C26H25NO3/c1-17-4-8-19(9-5-17)16-27-24(21-10-6-18(2)7-11-21)23(25(28)26(27)29)20-12-14-22(30-3)15-13-20/h4-15,24,28H,16H2,1-3H3. The summed E-state index contributed by atoms with van der Waals surface area (Å²) in [4.78, 5) is 14.9. The molecule has 4 nitrogen and oxygen atoms in total. The fourth-order valence-electron chi connectivity index (χ4n) is 3.87. The molecule has 0 spiro atoms. The predicted molar refractivity (Wildman–Crippen MR) is 118 cm³/mol. The molecule has 1 unspecified atom stereocenters. The lowest BCUT2D eigenvalue weighted by atomic mass is 9.93. The summed E-state index contributed by atoms with van der Waals surface area (Å²) in [6.07, 6.45) is 0. The first-order valence-electron chi connectivity index (χ1n) is 9.98. The second-order valence-corrected chi connectivity index (χ2v) is 7.72. The molecule has 1 aliphatic heterocycles. The van der Waals surface area contributed by atoms with Crippen LogP contribution in [0, 0.1) is 13.8 Å². The summed E-state index contributed by atoms with van der Waals surface area (Å²) >= 11 is 0. The zero-order chi connectivity index (χ0) is 21.3. The van der Waals surface area contributed by atoms with Crippen LogP contribution in [-0.4, -0.2) is 23.0 Å². The first-order valence-corrected chi connectivity index (χ1v) is 9.98. The topological polar surface area (TPSA) is 49.8 Å². The van der Waals surface area contributed by atoms with Crippen LogP contribution in [-0.2, 0) is 11.3 Å². The average molecular weight is 399 g/mol. The zero-order valence-electron chi connectivity index (χ0n) is 17.4. The summed E-state index contributed by atoms with van der Waals surface area (Å²) in [7, 11) is 1.61. The van der Waals surface area contributed by atoms with E-state index in [1.165, 1.54) is 5.56 Å². The van der Waals surface area contributed by atoms with Gasteiger partial charge in [-0.3, -0.25) is 4.79 Å². The Hall–Kier alpha value is -3.53. The van der Waals surface area contributed by atoms with Crippen LogP contribution in [0.1, 0.15) is 33.9 Å². The number of carbonyl (C=O) groups is 1. The van der Waals surface area contributed by atoms with Gasteiger partial charge in [-0.2, -0.15) is 0 Å². The van der Waals surface area contributed by atoms with Crippen LogP contribution in [0.4, 0.5) is 0 Å². The number of carbonyl (C=O) groups excluding carboxylic acids is 1. The van der Waals surface area contributed by atoms with Crippen molar-refractivity contribution in [2.24, 2.45) is 0 Å². The molecule has 1 heterocycles. The molecule has 4 rings (SSSR count). The molecule has 1 atom stereocenters. The minimum absolute atomic E-state index is 0.196.